The number of carbonyl (C=O) groups is 1. The molecule has 4 aromatic rings. The summed E-state index contributed by atoms with van der Waals surface area (Å²) in [5.74, 6) is 0.330. The summed E-state index contributed by atoms with van der Waals surface area (Å²) in [7, 11) is 0. The second-order valence-corrected chi connectivity index (χ2v) is 10.1. The Kier molecular flexibility index (Phi) is 7.23. The molecule has 0 bridgehead atoms. The summed E-state index contributed by atoms with van der Waals surface area (Å²) < 4.78 is 7.84. The fraction of sp³-hybridized carbons (Fsp3) is 0.115. The van der Waals surface area contributed by atoms with Crippen LogP contribution in [-0.4, -0.2) is 21.0 Å². The number of aromatic amines is 1. The number of hydrogen-bond acceptors (Lipinski definition) is 4. The molecule has 34 heavy (non-hydrogen) atoms. The standard InChI is InChI=1S/C26H19I2N3O3/c1-14-7-22-23(8-15(14)2)31-25(30-22)19(12-29)9-17-10-20(27)24(21(28)11-17)34-13-16-3-5-18(6-4-16)26(32)33/h3-11H,13H2,1-2H3,(H,30,31)(H,32,33)/b19-9-. The Balaban J connectivity index is 1.57. The maximum atomic E-state index is 11.0. The smallest absolute Gasteiger partial charge is 0.335 e. The minimum absolute atomic E-state index is 0.243. The van der Waals surface area contributed by atoms with Gasteiger partial charge in [-0.05, 0) is 124 Å². The lowest BCUT2D eigenvalue weighted by Crippen LogP contribution is -2.01. The minimum Gasteiger partial charge on any atom is -0.487 e. The van der Waals surface area contributed by atoms with E-state index in [1.165, 1.54) is 5.56 Å². The molecule has 0 aliphatic rings. The maximum absolute atomic E-state index is 11.0. The Morgan fingerprint density at radius 1 is 1.12 bits per heavy atom. The summed E-state index contributed by atoms with van der Waals surface area (Å²) in [6.07, 6.45) is 1.82. The number of carboxylic acid groups (broad SMARTS) is 1. The molecule has 0 radical (unpaired) electrons. The Bertz CT molecular complexity index is 1420. The van der Waals surface area contributed by atoms with E-state index >= 15 is 0 Å². The Morgan fingerprint density at radius 3 is 2.38 bits per heavy atom. The number of hydrogen-bond donors (Lipinski definition) is 2. The van der Waals surface area contributed by atoms with Crippen LogP contribution in [0, 0.1) is 32.3 Å². The van der Waals surface area contributed by atoms with Gasteiger partial charge in [-0.3, -0.25) is 0 Å². The molecule has 0 saturated heterocycles. The number of allylic oxidation sites excluding steroid dienone is 1. The molecule has 4 rings (SSSR count). The van der Waals surface area contributed by atoms with Crippen LogP contribution in [0.4, 0.5) is 0 Å². The number of aromatic nitrogens is 2. The third kappa shape index (κ3) is 5.26. The van der Waals surface area contributed by atoms with Crippen molar-refractivity contribution in [2.24, 2.45) is 0 Å². The van der Waals surface area contributed by atoms with Crippen LogP contribution in [-0.2, 0) is 6.61 Å². The van der Waals surface area contributed by atoms with Crippen molar-refractivity contribution >= 4 is 73.8 Å². The lowest BCUT2D eigenvalue weighted by molar-refractivity contribution is 0.0697. The molecule has 3 aromatic carbocycles. The normalized spacial score (nSPS) is 11.4. The van der Waals surface area contributed by atoms with E-state index in [9.17, 15) is 10.1 Å². The summed E-state index contributed by atoms with van der Waals surface area (Å²) in [5, 5.41) is 18.8. The number of rotatable bonds is 6. The first-order valence-electron chi connectivity index (χ1n) is 10.3. The lowest BCUT2D eigenvalue weighted by Gasteiger charge is -2.12. The number of nitrogens with zero attached hydrogens (tertiary/aromatic N) is 2. The van der Waals surface area contributed by atoms with Gasteiger partial charge in [0.1, 0.15) is 24.3 Å². The van der Waals surface area contributed by atoms with Crippen LogP contribution in [0.5, 0.6) is 5.75 Å². The number of carboxylic acids is 1. The van der Waals surface area contributed by atoms with Crippen molar-refractivity contribution in [2.75, 3.05) is 0 Å². The molecule has 1 heterocycles. The van der Waals surface area contributed by atoms with Crippen LogP contribution in [0.2, 0.25) is 0 Å². The predicted octanol–water partition coefficient (Wildman–Crippen LogP) is 6.73. The van der Waals surface area contributed by atoms with Gasteiger partial charge in [-0.1, -0.05) is 12.1 Å². The van der Waals surface area contributed by atoms with Gasteiger partial charge >= 0.3 is 5.97 Å². The van der Waals surface area contributed by atoms with Crippen molar-refractivity contribution in [2.45, 2.75) is 20.5 Å². The molecule has 0 spiro atoms. The average Bonchev–Trinajstić information content (AvgIpc) is 3.19. The minimum atomic E-state index is -0.954. The van der Waals surface area contributed by atoms with Gasteiger partial charge in [-0.15, -0.1) is 0 Å². The van der Waals surface area contributed by atoms with Crippen LogP contribution in [0.3, 0.4) is 0 Å². The van der Waals surface area contributed by atoms with Crippen LogP contribution in [0.1, 0.15) is 38.4 Å². The molecular formula is C26H19I2N3O3. The second-order valence-electron chi connectivity index (χ2n) is 7.81. The highest BCUT2D eigenvalue weighted by molar-refractivity contribution is 14.1. The predicted molar refractivity (Wildman–Crippen MR) is 149 cm³/mol. The number of fused-ring (bicyclic) bond motifs is 1. The highest BCUT2D eigenvalue weighted by Gasteiger charge is 2.13. The number of H-pyrrole nitrogens is 1. The van der Waals surface area contributed by atoms with Crippen molar-refractivity contribution in [1.29, 1.82) is 5.26 Å². The number of benzene rings is 3. The zero-order valence-corrected chi connectivity index (χ0v) is 22.6. The first-order chi connectivity index (χ1) is 16.2. The van der Waals surface area contributed by atoms with Crippen molar-refractivity contribution in [3.05, 3.63) is 89.3 Å². The summed E-state index contributed by atoms with van der Waals surface area (Å²) >= 11 is 4.43. The van der Waals surface area contributed by atoms with E-state index in [1.54, 1.807) is 24.3 Å². The summed E-state index contributed by atoms with van der Waals surface area (Å²) in [6.45, 7) is 4.42. The number of nitriles is 1. The molecule has 0 aliphatic heterocycles. The van der Waals surface area contributed by atoms with E-state index in [1.807, 2.05) is 37.3 Å². The zero-order chi connectivity index (χ0) is 24.4. The van der Waals surface area contributed by atoms with Crippen molar-refractivity contribution < 1.29 is 14.6 Å². The largest absolute Gasteiger partial charge is 0.487 e. The molecule has 8 heteroatoms. The van der Waals surface area contributed by atoms with E-state index < -0.39 is 5.97 Å². The number of aryl methyl sites for hydroxylation is 2. The van der Waals surface area contributed by atoms with Gasteiger partial charge in [0.2, 0.25) is 0 Å². The monoisotopic (exact) mass is 675 g/mol. The fourth-order valence-corrected chi connectivity index (χ4v) is 5.54. The molecule has 0 saturated carbocycles. The van der Waals surface area contributed by atoms with Gasteiger partial charge in [0.15, 0.2) is 0 Å². The third-order valence-electron chi connectivity index (χ3n) is 5.39. The molecule has 0 aliphatic carbocycles. The number of aromatic carboxylic acids is 1. The van der Waals surface area contributed by atoms with Gasteiger partial charge in [-0.2, -0.15) is 5.26 Å². The van der Waals surface area contributed by atoms with Crippen LogP contribution in [0.25, 0.3) is 22.7 Å². The number of ether oxygens (including phenoxy) is 1. The zero-order valence-electron chi connectivity index (χ0n) is 18.3. The van der Waals surface area contributed by atoms with E-state index in [0.717, 1.165) is 40.6 Å². The molecule has 1 aromatic heterocycles. The SMILES string of the molecule is Cc1cc2nc(/C(C#N)=C\c3cc(I)c(OCc4ccc(C(=O)O)cc4)c(I)c3)[nH]c2cc1C. The molecule has 0 fully saturated rings. The first kappa shape index (κ1) is 24.2. The molecule has 2 N–H and O–H groups in total. The van der Waals surface area contributed by atoms with Crippen LogP contribution >= 0.6 is 45.2 Å². The third-order valence-corrected chi connectivity index (χ3v) is 6.99. The van der Waals surface area contributed by atoms with E-state index in [0.29, 0.717) is 18.0 Å². The average molecular weight is 675 g/mol. The molecule has 170 valence electrons. The van der Waals surface area contributed by atoms with Crippen molar-refractivity contribution in [1.82, 2.24) is 9.97 Å². The lowest BCUT2D eigenvalue weighted by atomic mass is 10.1. The highest BCUT2D eigenvalue weighted by atomic mass is 127. The topological polar surface area (TPSA) is 99.0 Å². The van der Waals surface area contributed by atoms with Crippen molar-refractivity contribution in [3.63, 3.8) is 0 Å². The van der Waals surface area contributed by atoms with E-state index in [4.69, 9.17) is 9.84 Å². The fourth-order valence-electron chi connectivity index (χ4n) is 3.42. The summed E-state index contributed by atoms with van der Waals surface area (Å²) in [5.41, 5.74) is 6.51. The van der Waals surface area contributed by atoms with Crippen molar-refractivity contribution in [3.8, 4) is 11.8 Å². The van der Waals surface area contributed by atoms with E-state index in [-0.39, 0.29) is 5.56 Å². The van der Waals surface area contributed by atoms with Gasteiger partial charge < -0.3 is 14.8 Å². The Morgan fingerprint density at radius 2 is 1.76 bits per heavy atom. The number of nitrogens with one attached hydrogen (secondary N) is 1. The summed E-state index contributed by atoms with van der Waals surface area (Å²) in [6, 6.07) is 16.9. The van der Waals surface area contributed by atoms with Crippen LogP contribution in [0.15, 0.2) is 48.5 Å². The Labute approximate surface area is 224 Å². The highest BCUT2D eigenvalue weighted by Crippen LogP contribution is 2.31. The first-order valence-corrected chi connectivity index (χ1v) is 12.4. The molecule has 0 atom stereocenters. The quantitative estimate of drug-likeness (QED) is 0.175. The van der Waals surface area contributed by atoms with Gasteiger partial charge in [0.05, 0.1) is 29.3 Å². The summed E-state index contributed by atoms with van der Waals surface area (Å²) in [4.78, 5) is 18.9. The van der Waals surface area contributed by atoms with Gasteiger partial charge in [0, 0.05) is 0 Å². The Hall–Kier alpha value is -2.91. The number of halogens is 2. The van der Waals surface area contributed by atoms with E-state index in [2.05, 4.69) is 68.1 Å². The molecule has 6 nitrogen and oxygen atoms in total. The molecule has 0 amide bonds. The molecule has 0 unspecified atom stereocenters. The second kappa shape index (κ2) is 10.1. The van der Waals surface area contributed by atoms with Crippen LogP contribution < -0.4 is 4.74 Å². The number of imidazole rings is 1. The molecular weight excluding hydrogens is 656 g/mol. The van der Waals surface area contributed by atoms with Gasteiger partial charge in [0.25, 0.3) is 0 Å². The van der Waals surface area contributed by atoms with Gasteiger partial charge in [-0.25, -0.2) is 9.78 Å². The maximum Gasteiger partial charge on any atom is 0.335 e.